The van der Waals surface area contributed by atoms with Gasteiger partial charge in [0.05, 0.1) is 6.04 Å². The third kappa shape index (κ3) is 4.38. The number of alkyl halides is 2. The molecular formula is C12H15F2N3O3. The Morgan fingerprint density at radius 3 is 2.80 bits per heavy atom. The average Bonchev–Trinajstić information content (AvgIpc) is 2.43. The van der Waals surface area contributed by atoms with Gasteiger partial charge in [-0.2, -0.15) is 8.78 Å². The maximum atomic E-state index is 12.1. The van der Waals surface area contributed by atoms with Crippen LogP contribution in [0.5, 0.6) is 5.75 Å². The Kier molecular flexibility index (Phi) is 5.70. The monoisotopic (exact) mass is 287 g/mol. The van der Waals surface area contributed by atoms with E-state index in [0.717, 1.165) is 0 Å². The van der Waals surface area contributed by atoms with E-state index in [1.165, 1.54) is 24.3 Å². The minimum atomic E-state index is -2.96. The molecule has 110 valence electrons. The molecule has 1 aromatic carbocycles. The van der Waals surface area contributed by atoms with Crippen LogP contribution in [0.15, 0.2) is 29.4 Å². The number of rotatable bonds is 6. The molecule has 8 heteroatoms. The molecule has 1 rings (SSSR count). The normalized spacial score (nSPS) is 13.1. The zero-order valence-electron chi connectivity index (χ0n) is 10.7. The number of oxime groups is 1. The highest BCUT2D eigenvalue weighted by Gasteiger charge is 2.16. The second kappa shape index (κ2) is 7.27. The molecule has 0 radical (unpaired) electrons. The summed E-state index contributed by atoms with van der Waals surface area (Å²) in [5, 5.41) is 13.9. The standard InChI is InChI=1S/C12H15F2N3O3/c1-2-9(10(15)17-19)16-11(18)7-4-3-5-8(6-7)20-12(13)14/h3-6,9,12,19H,2H2,1H3,(H2,15,17)(H,16,18). The van der Waals surface area contributed by atoms with Crippen LogP contribution in [0.3, 0.4) is 0 Å². The largest absolute Gasteiger partial charge is 0.435 e. The first kappa shape index (κ1) is 15.7. The van der Waals surface area contributed by atoms with E-state index in [4.69, 9.17) is 10.9 Å². The molecule has 1 aromatic rings. The molecule has 1 atom stereocenters. The molecular weight excluding hydrogens is 272 g/mol. The number of hydrogen-bond donors (Lipinski definition) is 3. The van der Waals surface area contributed by atoms with Crippen molar-refractivity contribution in [1.29, 1.82) is 0 Å². The lowest BCUT2D eigenvalue weighted by Gasteiger charge is -2.15. The van der Waals surface area contributed by atoms with Crippen LogP contribution < -0.4 is 15.8 Å². The minimum Gasteiger partial charge on any atom is -0.435 e. The van der Waals surface area contributed by atoms with Gasteiger partial charge in [-0.1, -0.05) is 18.1 Å². The van der Waals surface area contributed by atoms with Gasteiger partial charge in [0.1, 0.15) is 5.75 Å². The molecule has 0 spiro atoms. The zero-order valence-corrected chi connectivity index (χ0v) is 10.7. The quantitative estimate of drug-likeness (QED) is 0.320. The number of nitrogens with two attached hydrogens (primary N) is 1. The van der Waals surface area contributed by atoms with Crippen LogP contribution in [0.25, 0.3) is 0 Å². The van der Waals surface area contributed by atoms with Crippen molar-refractivity contribution >= 4 is 11.7 Å². The summed E-state index contributed by atoms with van der Waals surface area (Å²) in [6.07, 6.45) is 0.412. The summed E-state index contributed by atoms with van der Waals surface area (Å²) in [7, 11) is 0. The number of nitrogens with one attached hydrogen (secondary N) is 1. The Labute approximate surface area is 114 Å². The molecule has 0 bridgehead atoms. The summed E-state index contributed by atoms with van der Waals surface area (Å²) in [4.78, 5) is 11.9. The van der Waals surface area contributed by atoms with Crippen molar-refractivity contribution in [1.82, 2.24) is 5.32 Å². The number of hydrogen-bond acceptors (Lipinski definition) is 4. The Morgan fingerprint density at radius 1 is 1.55 bits per heavy atom. The third-order valence-corrected chi connectivity index (χ3v) is 2.51. The van der Waals surface area contributed by atoms with Crippen LogP contribution in [0.1, 0.15) is 23.7 Å². The Morgan fingerprint density at radius 2 is 2.25 bits per heavy atom. The maximum Gasteiger partial charge on any atom is 0.387 e. The van der Waals surface area contributed by atoms with Crippen molar-refractivity contribution in [3.63, 3.8) is 0 Å². The Balaban J connectivity index is 2.81. The summed E-state index contributed by atoms with van der Waals surface area (Å²) >= 11 is 0. The van der Waals surface area contributed by atoms with Crippen LogP contribution in [0.2, 0.25) is 0 Å². The Hall–Kier alpha value is -2.38. The average molecular weight is 287 g/mol. The summed E-state index contributed by atoms with van der Waals surface area (Å²) in [6.45, 7) is -1.23. The summed E-state index contributed by atoms with van der Waals surface area (Å²) in [5.41, 5.74) is 5.54. The van der Waals surface area contributed by atoms with Crippen molar-refractivity contribution in [3.8, 4) is 5.75 Å². The fourth-order valence-corrected chi connectivity index (χ4v) is 1.51. The first-order valence-electron chi connectivity index (χ1n) is 5.81. The van der Waals surface area contributed by atoms with Crippen LogP contribution in [0.4, 0.5) is 8.78 Å². The van der Waals surface area contributed by atoms with E-state index in [0.29, 0.717) is 6.42 Å². The fourth-order valence-electron chi connectivity index (χ4n) is 1.51. The molecule has 6 nitrogen and oxygen atoms in total. The van der Waals surface area contributed by atoms with E-state index >= 15 is 0 Å². The van der Waals surface area contributed by atoms with Crippen molar-refractivity contribution in [2.75, 3.05) is 0 Å². The SMILES string of the molecule is CCC(NC(=O)c1cccc(OC(F)F)c1)/C(N)=N/O. The van der Waals surface area contributed by atoms with Crippen LogP contribution >= 0.6 is 0 Å². The van der Waals surface area contributed by atoms with E-state index < -0.39 is 18.6 Å². The highest BCUT2D eigenvalue weighted by Crippen LogP contribution is 2.16. The van der Waals surface area contributed by atoms with Gasteiger partial charge in [0.2, 0.25) is 0 Å². The third-order valence-electron chi connectivity index (χ3n) is 2.51. The lowest BCUT2D eigenvalue weighted by atomic mass is 10.1. The molecule has 0 saturated carbocycles. The summed E-state index contributed by atoms with van der Waals surface area (Å²) in [5.74, 6) is -0.798. The number of amides is 1. The van der Waals surface area contributed by atoms with E-state index in [1.54, 1.807) is 6.92 Å². The van der Waals surface area contributed by atoms with Gasteiger partial charge in [-0.15, -0.1) is 0 Å². The first-order valence-corrected chi connectivity index (χ1v) is 5.81. The van der Waals surface area contributed by atoms with E-state index in [1.807, 2.05) is 0 Å². The van der Waals surface area contributed by atoms with Gasteiger partial charge in [-0.3, -0.25) is 4.79 Å². The van der Waals surface area contributed by atoms with Crippen LogP contribution in [0, 0.1) is 0 Å². The molecule has 0 fully saturated rings. The molecule has 0 heterocycles. The second-order valence-electron chi connectivity index (χ2n) is 3.87. The topological polar surface area (TPSA) is 96.9 Å². The van der Waals surface area contributed by atoms with Crippen molar-refractivity contribution in [2.24, 2.45) is 10.9 Å². The molecule has 0 aromatic heterocycles. The number of carbonyl (C=O) groups is 1. The number of halogens is 2. The van der Waals surface area contributed by atoms with Gasteiger partial charge in [0.15, 0.2) is 5.84 Å². The number of amidine groups is 1. The van der Waals surface area contributed by atoms with Gasteiger partial charge in [-0.05, 0) is 24.6 Å². The van der Waals surface area contributed by atoms with Gasteiger partial charge in [0.25, 0.3) is 5.91 Å². The van der Waals surface area contributed by atoms with Crippen LogP contribution in [-0.4, -0.2) is 29.6 Å². The van der Waals surface area contributed by atoms with Gasteiger partial charge < -0.3 is 21.0 Å². The molecule has 1 unspecified atom stereocenters. The highest BCUT2D eigenvalue weighted by molar-refractivity contribution is 5.98. The number of nitrogens with zero attached hydrogens (tertiary/aromatic N) is 1. The minimum absolute atomic E-state index is 0.121. The van der Waals surface area contributed by atoms with E-state index in [-0.39, 0.29) is 17.1 Å². The smallest absolute Gasteiger partial charge is 0.387 e. The lowest BCUT2D eigenvalue weighted by molar-refractivity contribution is -0.0498. The number of benzene rings is 1. The number of carbonyl (C=O) groups excluding carboxylic acids is 1. The number of ether oxygens (including phenoxy) is 1. The van der Waals surface area contributed by atoms with Crippen molar-refractivity contribution < 1.29 is 23.5 Å². The van der Waals surface area contributed by atoms with Gasteiger partial charge >= 0.3 is 6.61 Å². The van der Waals surface area contributed by atoms with E-state index in [9.17, 15) is 13.6 Å². The predicted molar refractivity (Wildman–Crippen MR) is 68.0 cm³/mol. The Bertz CT molecular complexity index is 495. The van der Waals surface area contributed by atoms with Gasteiger partial charge in [0, 0.05) is 5.56 Å². The van der Waals surface area contributed by atoms with Crippen LogP contribution in [-0.2, 0) is 0 Å². The molecule has 1 amide bonds. The molecule has 0 aliphatic rings. The maximum absolute atomic E-state index is 12.1. The molecule has 0 saturated heterocycles. The fraction of sp³-hybridized carbons (Fsp3) is 0.333. The zero-order chi connectivity index (χ0) is 15.1. The molecule has 4 N–H and O–H groups in total. The summed E-state index contributed by atoms with van der Waals surface area (Å²) in [6, 6.07) is 4.70. The lowest BCUT2D eigenvalue weighted by Crippen LogP contribution is -2.44. The predicted octanol–water partition coefficient (Wildman–Crippen LogP) is 1.54. The highest BCUT2D eigenvalue weighted by atomic mass is 19.3. The summed E-state index contributed by atoms with van der Waals surface area (Å²) < 4.78 is 28.4. The second-order valence-corrected chi connectivity index (χ2v) is 3.87. The van der Waals surface area contributed by atoms with Gasteiger partial charge in [-0.25, -0.2) is 0 Å². The van der Waals surface area contributed by atoms with Crippen molar-refractivity contribution in [2.45, 2.75) is 26.0 Å². The van der Waals surface area contributed by atoms with Crippen molar-refractivity contribution in [3.05, 3.63) is 29.8 Å². The van der Waals surface area contributed by atoms with E-state index in [2.05, 4.69) is 15.2 Å². The molecule has 20 heavy (non-hydrogen) atoms. The first-order chi connectivity index (χ1) is 9.47. The molecule has 0 aliphatic heterocycles. The molecule has 0 aliphatic carbocycles.